The molecule has 0 aliphatic rings. The molecule has 28 heavy (non-hydrogen) atoms. The maximum Gasteiger partial charge on any atom is 0.319 e. The summed E-state index contributed by atoms with van der Waals surface area (Å²) < 4.78 is 29.2. The van der Waals surface area contributed by atoms with Crippen LogP contribution in [0.3, 0.4) is 0 Å². The third-order valence-corrected chi connectivity index (χ3v) is 5.99. The SMILES string of the molecule is COCCNC(=O)Nc1ccc(-c2nc(N)cc(CS(=O)(=O)C(C)C)n2)cc1. The molecule has 0 saturated heterocycles. The van der Waals surface area contributed by atoms with Crippen LogP contribution in [0, 0.1) is 0 Å². The van der Waals surface area contributed by atoms with E-state index in [1.54, 1.807) is 45.2 Å². The van der Waals surface area contributed by atoms with Crippen LogP contribution >= 0.6 is 0 Å². The number of urea groups is 1. The van der Waals surface area contributed by atoms with Crippen LogP contribution in [0.2, 0.25) is 0 Å². The van der Waals surface area contributed by atoms with Gasteiger partial charge in [-0.15, -0.1) is 0 Å². The number of nitrogens with two attached hydrogens (primary N) is 1. The molecule has 10 heteroatoms. The Morgan fingerprint density at radius 1 is 1.21 bits per heavy atom. The van der Waals surface area contributed by atoms with E-state index >= 15 is 0 Å². The van der Waals surface area contributed by atoms with Gasteiger partial charge in [0.05, 0.1) is 23.3 Å². The summed E-state index contributed by atoms with van der Waals surface area (Å²) in [4.78, 5) is 20.2. The van der Waals surface area contributed by atoms with Gasteiger partial charge < -0.3 is 21.1 Å². The second-order valence-electron chi connectivity index (χ2n) is 6.41. The van der Waals surface area contributed by atoms with E-state index in [-0.39, 0.29) is 17.6 Å². The third-order valence-electron chi connectivity index (χ3n) is 3.86. The van der Waals surface area contributed by atoms with Gasteiger partial charge >= 0.3 is 6.03 Å². The largest absolute Gasteiger partial charge is 0.384 e. The van der Waals surface area contributed by atoms with Crippen molar-refractivity contribution in [2.75, 3.05) is 31.3 Å². The Labute approximate surface area is 164 Å². The number of rotatable bonds is 8. The lowest BCUT2D eigenvalue weighted by molar-refractivity contribution is 0.198. The van der Waals surface area contributed by atoms with Crippen molar-refractivity contribution >= 4 is 27.4 Å². The average Bonchev–Trinajstić information content (AvgIpc) is 2.61. The van der Waals surface area contributed by atoms with Crippen molar-refractivity contribution < 1.29 is 17.9 Å². The molecular formula is C18H25N5O4S. The molecule has 0 aliphatic carbocycles. The number of hydrogen-bond acceptors (Lipinski definition) is 7. The van der Waals surface area contributed by atoms with Gasteiger partial charge in [-0.25, -0.2) is 23.2 Å². The van der Waals surface area contributed by atoms with Crippen molar-refractivity contribution in [2.24, 2.45) is 0 Å². The molecule has 9 nitrogen and oxygen atoms in total. The normalized spacial score (nSPS) is 11.4. The maximum atomic E-state index is 12.1. The first kappa shape index (κ1) is 21.6. The molecular weight excluding hydrogens is 382 g/mol. The number of benzene rings is 1. The number of nitrogens with one attached hydrogen (secondary N) is 2. The summed E-state index contributed by atoms with van der Waals surface area (Å²) in [6, 6.07) is 7.96. The molecule has 0 fully saturated rings. The van der Waals surface area contributed by atoms with E-state index in [4.69, 9.17) is 10.5 Å². The molecule has 0 aliphatic heterocycles. The Kier molecular flexibility index (Phi) is 7.30. The highest BCUT2D eigenvalue weighted by Gasteiger charge is 2.19. The van der Waals surface area contributed by atoms with Gasteiger partial charge in [-0.05, 0) is 38.1 Å². The lowest BCUT2D eigenvalue weighted by Gasteiger charge is -2.10. The van der Waals surface area contributed by atoms with E-state index in [0.29, 0.717) is 35.9 Å². The number of anilines is 2. The Bertz CT molecular complexity index is 914. The number of nitrogens with zero attached hydrogens (tertiary/aromatic N) is 2. The lowest BCUT2D eigenvalue weighted by Crippen LogP contribution is -2.31. The quantitative estimate of drug-likeness (QED) is 0.568. The number of methoxy groups -OCH3 is 1. The van der Waals surface area contributed by atoms with Gasteiger partial charge in [0.1, 0.15) is 5.82 Å². The number of sulfone groups is 1. The summed E-state index contributed by atoms with van der Waals surface area (Å²) >= 11 is 0. The molecule has 0 saturated carbocycles. The topological polar surface area (TPSA) is 136 Å². The summed E-state index contributed by atoms with van der Waals surface area (Å²) in [5.41, 5.74) is 7.41. The van der Waals surface area contributed by atoms with E-state index in [1.807, 2.05) is 0 Å². The van der Waals surface area contributed by atoms with Gasteiger partial charge in [0, 0.05) is 31.0 Å². The number of aromatic nitrogens is 2. The number of nitrogen functional groups attached to an aromatic ring is 1. The van der Waals surface area contributed by atoms with Gasteiger partial charge in [0.25, 0.3) is 0 Å². The summed E-state index contributed by atoms with van der Waals surface area (Å²) in [5, 5.41) is 4.84. The van der Waals surface area contributed by atoms with E-state index in [2.05, 4.69) is 20.6 Å². The van der Waals surface area contributed by atoms with Crippen LogP contribution in [0.1, 0.15) is 19.5 Å². The first-order chi connectivity index (χ1) is 13.2. The second kappa shape index (κ2) is 9.47. The van der Waals surface area contributed by atoms with Crippen molar-refractivity contribution in [1.82, 2.24) is 15.3 Å². The number of carbonyl (C=O) groups is 1. The molecule has 2 aromatic rings. The molecule has 0 bridgehead atoms. The predicted octanol–water partition coefficient (Wildman–Crippen LogP) is 1.82. The molecule has 0 unspecified atom stereocenters. The van der Waals surface area contributed by atoms with E-state index < -0.39 is 15.1 Å². The van der Waals surface area contributed by atoms with Crippen molar-refractivity contribution in [2.45, 2.75) is 24.9 Å². The van der Waals surface area contributed by atoms with Gasteiger partial charge in [0.15, 0.2) is 15.7 Å². The van der Waals surface area contributed by atoms with Gasteiger partial charge in [0.2, 0.25) is 0 Å². The van der Waals surface area contributed by atoms with Crippen molar-refractivity contribution in [1.29, 1.82) is 0 Å². The highest BCUT2D eigenvalue weighted by atomic mass is 32.2. The smallest absolute Gasteiger partial charge is 0.319 e. The monoisotopic (exact) mass is 407 g/mol. The Hall–Kier alpha value is -2.72. The fraction of sp³-hybridized carbons (Fsp3) is 0.389. The molecule has 0 spiro atoms. The highest BCUT2D eigenvalue weighted by Crippen LogP contribution is 2.21. The predicted molar refractivity (Wildman–Crippen MR) is 109 cm³/mol. The van der Waals surface area contributed by atoms with Crippen LogP contribution < -0.4 is 16.4 Å². The first-order valence-electron chi connectivity index (χ1n) is 8.70. The average molecular weight is 407 g/mol. The molecule has 0 radical (unpaired) electrons. The van der Waals surface area contributed by atoms with Crippen LogP contribution in [-0.2, 0) is 20.3 Å². The Balaban J connectivity index is 2.14. The molecule has 1 aromatic heterocycles. The van der Waals surface area contributed by atoms with Gasteiger partial charge in [-0.3, -0.25) is 0 Å². The summed E-state index contributed by atoms with van der Waals surface area (Å²) in [6.45, 7) is 4.07. The molecule has 4 N–H and O–H groups in total. The highest BCUT2D eigenvalue weighted by molar-refractivity contribution is 7.91. The number of ether oxygens (including phenoxy) is 1. The second-order valence-corrected chi connectivity index (χ2v) is 8.97. The van der Waals surface area contributed by atoms with E-state index in [0.717, 1.165) is 0 Å². The number of carbonyl (C=O) groups excluding carboxylic acids is 1. The lowest BCUT2D eigenvalue weighted by atomic mass is 10.2. The minimum absolute atomic E-state index is 0.193. The Morgan fingerprint density at radius 3 is 2.50 bits per heavy atom. The van der Waals surface area contributed by atoms with Crippen LogP contribution in [0.5, 0.6) is 0 Å². The fourth-order valence-electron chi connectivity index (χ4n) is 2.24. The maximum absolute atomic E-state index is 12.1. The molecule has 0 atom stereocenters. The van der Waals surface area contributed by atoms with E-state index in [9.17, 15) is 13.2 Å². The Morgan fingerprint density at radius 2 is 1.89 bits per heavy atom. The summed E-state index contributed by atoms with van der Waals surface area (Å²) in [7, 11) is -1.75. The summed E-state index contributed by atoms with van der Waals surface area (Å²) in [6.07, 6.45) is 0. The van der Waals surface area contributed by atoms with Crippen LogP contribution in [0.4, 0.5) is 16.3 Å². The van der Waals surface area contributed by atoms with Crippen LogP contribution in [0.15, 0.2) is 30.3 Å². The first-order valence-corrected chi connectivity index (χ1v) is 10.4. The zero-order chi connectivity index (χ0) is 20.7. The van der Waals surface area contributed by atoms with Crippen molar-refractivity contribution in [3.8, 4) is 11.4 Å². The molecule has 152 valence electrons. The zero-order valence-corrected chi connectivity index (χ0v) is 16.9. The molecule has 1 aromatic carbocycles. The minimum atomic E-state index is -3.31. The third kappa shape index (κ3) is 6.17. The molecule has 2 rings (SSSR count). The van der Waals surface area contributed by atoms with Crippen LogP contribution in [0.25, 0.3) is 11.4 Å². The molecule has 2 amide bonds. The van der Waals surface area contributed by atoms with Gasteiger partial charge in [-0.1, -0.05) is 0 Å². The van der Waals surface area contributed by atoms with Crippen molar-refractivity contribution in [3.05, 3.63) is 36.0 Å². The van der Waals surface area contributed by atoms with Crippen LogP contribution in [-0.4, -0.2) is 49.9 Å². The molecule has 1 heterocycles. The zero-order valence-electron chi connectivity index (χ0n) is 16.1. The number of hydrogen-bond donors (Lipinski definition) is 3. The fourth-order valence-corrected chi connectivity index (χ4v) is 3.13. The summed E-state index contributed by atoms with van der Waals surface area (Å²) in [5.74, 6) is 0.315. The van der Waals surface area contributed by atoms with E-state index in [1.165, 1.54) is 6.07 Å². The number of amides is 2. The minimum Gasteiger partial charge on any atom is -0.384 e. The van der Waals surface area contributed by atoms with Crippen molar-refractivity contribution in [3.63, 3.8) is 0 Å². The standard InChI is InChI=1S/C18H25N5O4S/c1-12(2)28(25,26)11-15-10-16(19)23-17(21-15)13-4-6-14(7-5-13)22-18(24)20-8-9-27-3/h4-7,10,12H,8-9,11H2,1-3H3,(H2,19,21,23)(H2,20,22,24). The van der Waals surface area contributed by atoms with Gasteiger partial charge in [-0.2, -0.15) is 0 Å².